The van der Waals surface area contributed by atoms with E-state index in [-0.39, 0.29) is 44.5 Å². The molecule has 19 nitrogen and oxygen atoms in total. The lowest BCUT2D eigenvalue weighted by molar-refractivity contribution is -0.147. The second kappa shape index (κ2) is 17.7. The molecule has 7 amide bonds. The summed E-state index contributed by atoms with van der Waals surface area (Å²) in [7, 11) is 0. The highest BCUT2D eigenvalue weighted by atomic mass is 16.4. The summed E-state index contributed by atoms with van der Waals surface area (Å²) in [6.07, 6.45) is 3.24. The number of amides is 7. The summed E-state index contributed by atoms with van der Waals surface area (Å²) in [5.74, 6) is -6.34. The Morgan fingerprint density at radius 2 is 1.18 bits per heavy atom. The average Bonchev–Trinajstić information content (AvgIpc) is 3.92. The van der Waals surface area contributed by atoms with Gasteiger partial charge >= 0.3 is 11.9 Å². The lowest BCUT2D eigenvalue weighted by Gasteiger charge is -2.31. The van der Waals surface area contributed by atoms with Crippen LogP contribution in [0.15, 0.2) is 0 Å². The van der Waals surface area contributed by atoms with Crippen molar-refractivity contribution in [3.05, 3.63) is 0 Å². The number of rotatable bonds is 15. The van der Waals surface area contributed by atoms with Crippen LogP contribution >= 0.6 is 0 Å². The molecule has 4 heterocycles. The zero-order valence-corrected chi connectivity index (χ0v) is 27.8. The fraction of sp³-hybridized carbons (Fsp3) is 0.710. The number of likely N-dealkylation sites (tertiary alicyclic amines) is 3. The normalized spacial score (nSPS) is 23.6. The molecule has 0 saturated carbocycles. The third kappa shape index (κ3) is 9.88. The quantitative estimate of drug-likeness (QED) is 0.0875. The second-order valence-electron chi connectivity index (χ2n) is 12.9. The number of aliphatic carboxylic acids is 2. The maximum atomic E-state index is 13.5. The number of carbonyl (C=O) groups is 9. The van der Waals surface area contributed by atoms with Gasteiger partial charge in [-0.25, -0.2) is 0 Å². The molecule has 0 unspecified atom stereocenters. The number of carboxylic acids is 2. The number of hydrogen-bond acceptors (Lipinski definition) is 10. The smallest absolute Gasteiger partial charge is 0.322 e. The Morgan fingerprint density at radius 1 is 0.620 bits per heavy atom. The Balaban J connectivity index is 1.32. The molecule has 276 valence electrons. The molecule has 50 heavy (non-hydrogen) atoms. The minimum absolute atomic E-state index is 0.219. The van der Waals surface area contributed by atoms with E-state index in [4.69, 9.17) is 5.11 Å². The Morgan fingerprint density at radius 3 is 1.78 bits per heavy atom. The van der Waals surface area contributed by atoms with Gasteiger partial charge in [-0.05, 0) is 64.3 Å². The Kier molecular flexibility index (Phi) is 13.5. The second-order valence-corrected chi connectivity index (χ2v) is 12.9. The van der Waals surface area contributed by atoms with Gasteiger partial charge in [-0.1, -0.05) is 0 Å². The van der Waals surface area contributed by atoms with Crippen LogP contribution in [-0.2, 0) is 43.2 Å². The molecule has 0 aromatic heterocycles. The third-order valence-electron chi connectivity index (χ3n) is 9.47. The molecule has 4 rings (SSSR count). The molecule has 0 radical (unpaired) electrons. The number of carbonyl (C=O) groups excluding carboxylic acids is 7. The van der Waals surface area contributed by atoms with Gasteiger partial charge < -0.3 is 51.5 Å². The van der Waals surface area contributed by atoms with E-state index in [0.717, 1.165) is 6.42 Å². The van der Waals surface area contributed by atoms with Gasteiger partial charge in [-0.3, -0.25) is 43.2 Å². The van der Waals surface area contributed by atoms with Crippen molar-refractivity contribution in [3.63, 3.8) is 0 Å². The predicted molar refractivity (Wildman–Crippen MR) is 171 cm³/mol. The SMILES string of the molecule is O=C(O)CC[C@H](NC(=O)[C@@H]1CCCN1C(=O)CNC(=O)[C@@H]1CCCN1)C(=O)NCC(=O)N1CCC[C@H]1C(=O)N1CCC[C@H]1C(=O)NCC(=O)O. The fourth-order valence-corrected chi connectivity index (χ4v) is 6.92. The highest BCUT2D eigenvalue weighted by Crippen LogP contribution is 2.25. The summed E-state index contributed by atoms with van der Waals surface area (Å²) in [4.78, 5) is 117. The van der Waals surface area contributed by atoms with Crippen LogP contribution in [0, 0.1) is 0 Å². The first-order valence-electron chi connectivity index (χ1n) is 17.1. The van der Waals surface area contributed by atoms with E-state index in [1.54, 1.807) is 0 Å². The van der Waals surface area contributed by atoms with Crippen LogP contribution in [0.1, 0.15) is 64.2 Å². The predicted octanol–water partition coefficient (Wildman–Crippen LogP) is -3.51. The maximum Gasteiger partial charge on any atom is 0.322 e. The minimum Gasteiger partial charge on any atom is -0.481 e. The Bertz CT molecular complexity index is 1350. The van der Waals surface area contributed by atoms with Crippen LogP contribution in [0.25, 0.3) is 0 Å². The topological polar surface area (TPSA) is 264 Å². The summed E-state index contributed by atoms with van der Waals surface area (Å²) in [5, 5.41) is 31.0. The van der Waals surface area contributed by atoms with Crippen LogP contribution in [-0.4, -0.2) is 154 Å². The van der Waals surface area contributed by atoms with Gasteiger partial charge in [-0.15, -0.1) is 0 Å². The van der Waals surface area contributed by atoms with Gasteiger partial charge in [0.1, 0.15) is 30.7 Å². The zero-order valence-electron chi connectivity index (χ0n) is 27.8. The van der Waals surface area contributed by atoms with Crippen molar-refractivity contribution in [3.8, 4) is 0 Å². The molecule has 0 bridgehead atoms. The molecular formula is C31H46N8O11. The van der Waals surface area contributed by atoms with E-state index in [1.807, 2.05) is 0 Å². The van der Waals surface area contributed by atoms with Gasteiger partial charge in [0.2, 0.25) is 41.4 Å². The number of hydrogen-bond donors (Lipinski definition) is 7. The lowest BCUT2D eigenvalue weighted by Crippen LogP contribution is -2.56. The van der Waals surface area contributed by atoms with E-state index in [9.17, 15) is 48.3 Å². The number of nitrogens with one attached hydrogen (secondary N) is 5. The summed E-state index contributed by atoms with van der Waals surface area (Å²) in [5.41, 5.74) is 0. The van der Waals surface area contributed by atoms with Crippen LogP contribution in [0.2, 0.25) is 0 Å². The van der Waals surface area contributed by atoms with Crippen LogP contribution in [0.3, 0.4) is 0 Å². The molecule has 19 heteroatoms. The van der Waals surface area contributed by atoms with Crippen molar-refractivity contribution < 1.29 is 53.4 Å². The van der Waals surface area contributed by atoms with E-state index < -0.39 is 91.1 Å². The van der Waals surface area contributed by atoms with Gasteiger partial charge in [-0.2, -0.15) is 0 Å². The first-order valence-corrected chi connectivity index (χ1v) is 17.1. The van der Waals surface area contributed by atoms with Crippen molar-refractivity contribution in [1.82, 2.24) is 41.3 Å². The summed E-state index contributed by atoms with van der Waals surface area (Å²) >= 11 is 0. The van der Waals surface area contributed by atoms with Crippen LogP contribution in [0.4, 0.5) is 0 Å². The molecule has 0 aliphatic carbocycles. The lowest BCUT2D eigenvalue weighted by atomic mass is 10.1. The van der Waals surface area contributed by atoms with Gasteiger partial charge in [0.25, 0.3) is 0 Å². The standard InChI is InChI=1S/C31H46N8O11/c40-23(15-33-27(46)18-5-1-11-32-18)37-12-2-7-21(37)30(49)36-19(9-10-25(42)43)28(47)34-16-24(41)38-13-4-8-22(38)31(50)39-14-3-6-20(39)29(48)35-17-26(44)45/h18-22,32H,1-17H2,(H,33,46)(H,34,47)(H,35,48)(H,36,49)(H,42,43)(H,44,45)/t18-,19-,20-,21-,22-/m0/s1. The van der Waals surface area contributed by atoms with Crippen molar-refractivity contribution in [2.45, 2.75) is 94.4 Å². The number of nitrogens with zero attached hydrogens (tertiary/aromatic N) is 3. The monoisotopic (exact) mass is 706 g/mol. The van der Waals surface area contributed by atoms with Gasteiger partial charge in [0.05, 0.1) is 19.1 Å². The van der Waals surface area contributed by atoms with Crippen molar-refractivity contribution in [2.24, 2.45) is 0 Å². The molecular weight excluding hydrogens is 660 g/mol. The molecule has 0 aromatic rings. The molecule has 4 aliphatic heterocycles. The maximum absolute atomic E-state index is 13.5. The number of carboxylic acid groups (broad SMARTS) is 2. The van der Waals surface area contributed by atoms with E-state index >= 15 is 0 Å². The molecule has 4 fully saturated rings. The van der Waals surface area contributed by atoms with Crippen LogP contribution in [0.5, 0.6) is 0 Å². The highest BCUT2D eigenvalue weighted by molar-refractivity contribution is 5.96. The molecule has 4 aliphatic rings. The molecule has 0 aromatic carbocycles. The highest BCUT2D eigenvalue weighted by Gasteiger charge is 2.42. The van der Waals surface area contributed by atoms with Crippen LogP contribution < -0.4 is 26.6 Å². The average molecular weight is 707 g/mol. The summed E-state index contributed by atoms with van der Waals surface area (Å²) in [6, 6.07) is -4.41. The minimum atomic E-state index is -1.34. The molecule has 7 N–H and O–H groups in total. The van der Waals surface area contributed by atoms with Crippen molar-refractivity contribution in [1.29, 1.82) is 0 Å². The molecule has 0 spiro atoms. The fourth-order valence-electron chi connectivity index (χ4n) is 6.92. The Labute approximate surface area is 288 Å². The Hall–Kier alpha value is -4.81. The van der Waals surface area contributed by atoms with Crippen molar-refractivity contribution >= 4 is 53.3 Å². The summed E-state index contributed by atoms with van der Waals surface area (Å²) in [6.45, 7) is 0.0150. The summed E-state index contributed by atoms with van der Waals surface area (Å²) < 4.78 is 0. The first-order chi connectivity index (χ1) is 23.9. The third-order valence-corrected chi connectivity index (χ3v) is 9.47. The largest absolute Gasteiger partial charge is 0.481 e. The first kappa shape index (κ1) is 38.0. The zero-order chi connectivity index (χ0) is 36.4. The van der Waals surface area contributed by atoms with E-state index in [2.05, 4.69) is 26.6 Å². The van der Waals surface area contributed by atoms with E-state index in [0.29, 0.717) is 51.5 Å². The van der Waals surface area contributed by atoms with Gasteiger partial charge in [0, 0.05) is 26.1 Å². The molecule has 5 atom stereocenters. The van der Waals surface area contributed by atoms with Crippen molar-refractivity contribution in [2.75, 3.05) is 45.8 Å². The molecule has 4 saturated heterocycles. The van der Waals surface area contributed by atoms with E-state index in [1.165, 1.54) is 14.7 Å². The van der Waals surface area contributed by atoms with Gasteiger partial charge in [0.15, 0.2) is 0 Å².